The largest absolute Gasteiger partial charge is 0.432 e. The number of aromatic nitrogens is 2. The summed E-state index contributed by atoms with van der Waals surface area (Å²) in [6, 6.07) is 6.35. The predicted octanol–water partition coefficient (Wildman–Crippen LogP) is 1.88. The molecule has 0 spiro atoms. The van der Waals surface area contributed by atoms with E-state index < -0.39 is 24.1 Å². The summed E-state index contributed by atoms with van der Waals surface area (Å²) in [5, 5.41) is 13.6. The number of ether oxygens (including phenoxy) is 1. The normalized spacial score (nSPS) is 14.4. The summed E-state index contributed by atoms with van der Waals surface area (Å²) < 4.78 is 41.9. The summed E-state index contributed by atoms with van der Waals surface area (Å²) in [7, 11) is 0. The number of amides is 1. The van der Waals surface area contributed by atoms with Crippen molar-refractivity contribution in [2.75, 3.05) is 36.4 Å². The average molecular weight is 367 g/mol. The van der Waals surface area contributed by atoms with E-state index in [1.165, 1.54) is 12.1 Å². The van der Waals surface area contributed by atoms with Crippen LogP contribution in [0, 0.1) is 5.82 Å². The molecule has 1 amide bonds. The van der Waals surface area contributed by atoms with Crippen molar-refractivity contribution >= 4 is 17.4 Å². The molecule has 3 rings (SSSR count). The molecule has 0 unspecified atom stereocenters. The average Bonchev–Trinajstić information content (AvgIpc) is 2.64. The summed E-state index contributed by atoms with van der Waals surface area (Å²) in [5.74, 6) is -1.53. The van der Waals surface area contributed by atoms with Crippen LogP contribution in [0.4, 0.5) is 24.7 Å². The molecule has 0 aliphatic carbocycles. The van der Waals surface area contributed by atoms with E-state index in [2.05, 4.69) is 25.6 Å². The van der Waals surface area contributed by atoms with Crippen LogP contribution in [0.15, 0.2) is 30.3 Å². The van der Waals surface area contributed by atoms with Crippen LogP contribution in [0.1, 0.15) is 10.5 Å². The molecule has 10 heteroatoms. The van der Waals surface area contributed by atoms with E-state index in [0.29, 0.717) is 5.82 Å². The fourth-order valence-corrected chi connectivity index (χ4v) is 2.47. The molecule has 1 aromatic heterocycles. The molecule has 2 heterocycles. The summed E-state index contributed by atoms with van der Waals surface area (Å²) in [6.07, 6.45) is 0. The number of alkyl halides is 2. The van der Waals surface area contributed by atoms with Gasteiger partial charge in [0, 0.05) is 37.9 Å². The third-order valence-electron chi connectivity index (χ3n) is 3.73. The molecule has 7 nitrogen and oxygen atoms in total. The van der Waals surface area contributed by atoms with Gasteiger partial charge in [0.2, 0.25) is 0 Å². The minimum Gasteiger partial charge on any atom is -0.432 e. The highest BCUT2D eigenvalue weighted by Gasteiger charge is 2.15. The number of benzene rings is 1. The Morgan fingerprint density at radius 1 is 1.19 bits per heavy atom. The molecule has 0 bridgehead atoms. The van der Waals surface area contributed by atoms with Gasteiger partial charge in [-0.25, -0.2) is 4.39 Å². The lowest BCUT2D eigenvalue weighted by Crippen LogP contribution is -2.44. The molecule has 0 atom stereocenters. The monoisotopic (exact) mass is 367 g/mol. The van der Waals surface area contributed by atoms with Crippen LogP contribution in [0.5, 0.6) is 5.75 Å². The predicted molar refractivity (Wildman–Crippen MR) is 88.1 cm³/mol. The number of halogens is 3. The molecule has 1 saturated heterocycles. The van der Waals surface area contributed by atoms with Gasteiger partial charge in [-0.3, -0.25) is 4.79 Å². The maximum atomic E-state index is 13.7. The van der Waals surface area contributed by atoms with Crippen LogP contribution in [-0.2, 0) is 0 Å². The fourth-order valence-electron chi connectivity index (χ4n) is 2.47. The standard InChI is InChI=1S/C16H16F3N5O2/c17-11-9-10(1-3-13(11)26-16(18)19)21-15(25)12-2-4-14(23-22-12)24-7-5-20-6-8-24/h1-4,9,16,20H,5-8H2,(H,21,25). The summed E-state index contributed by atoms with van der Waals surface area (Å²) in [5.41, 5.74) is 0.138. The van der Waals surface area contributed by atoms with Crippen molar-refractivity contribution < 1.29 is 22.7 Å². The van der Waals surface area contributed by atoms with E-state index in [9.17, 15) is 18.0 Å². The minimum absolute atomic E-state index is 0.0530. The zero-order valence-corrected chi connectivity index (χ0v) is 13.6. The van der Waals surface area contributed by atoms with E-state index in [1.807, 2.05) is 4.90 Å². The second kappa shape index (κ2) is 8.00. The molecule has 26 heavy (non-hydrogen) atoms. The van der Waals surface area contributed by atoms with Gasteiger partial charge in [-0.1, -0.05) is 0 Å². The second-order valence-electron chi connectivity index (χ2n) is 5.49. The number of carbonyl (C=O) groups excluding carboxylic acids is 1. The number of nitrogens with zero attached hydrogens (tertiary/aromatic N) is 3. The lowest BCUT2D eigenvalue weighted by Gasteiger charge is -2.27. The van der Waals surface area contributed by atoms with Crippen molar-refractivity contribution in [3.63, 3.8) is 0 Å². The maximum Gasteiger partial charge on any atom is 0.387 e. The second-order valence-corrected chi connectivity index (χ2v) is 5.49. The first-order valence-corrected chi connectivity index (χ1v) is 7.88. The van der Waals surface area contributed by atoms with Crippen LogP contribution in [0.2, 0.25) is 0 Å². The van der Waals surface area contributed by atoms with E-state index in [1.54, 1.807) is 6.07 Å². The Labute approximate surface area is 147 Å². The van der Waals surface area contributed by atoms with Crippen molar-refractivity contribution in [3.8, 4) is 5.75 Å². The minimum atomic E-state index is -3.13. The van der Waals surface area contributed by atoms with Crippen molar-refractivity contribution in [1.29, 1.82) is 0 Å². The highest BCUT2D eigenvalue weighted by atomic mass is 19.3. The lowest BCUT2D eigenvalue weighted by atomic mass is 10.2. The quantitative estimate of drug-likeness (QED) is 0.840. The molecule has 1 aliphatic heterocycles. The smallest absolute Gasteiger partial charge is 0.387 e. The zero-order valence-electron chi connectivity index (χ0n) is 13.6. The number of hydrogen-bond acceptors (Lipinski definition) is 6. The highest BCUT2D eigenvalue weighted by Crippen LogP contribution is 2.23. The van der Waals surface area contributed by atoms with E-state index in [4.69, 9.17) is 0 Å². The Morgan fingerprint density at radius 2 is 1.96 bits per heavy atom. The van der Waals surface area contributed by atoms with Gasteiger partial charge in [0.15, 0.2) is 23.1 Å². The van der Waals surface area contributed by atoms with Crippen molar-refractivity contribution in [1.82, 2.24) is 15.5 Å². The molecule has 2 aromatic rings. The van der Waals surface area contributed by atoms with Crippen LogP contribution >= 0.6 is 0 Å². The summed E-state index contributed by atoms with van der Waals surface area (Å²) >= 11 is 0. The number of nitrogens with one attached hydrogen (secondary N) is 2. The Hall–Kier alpha value is -2.88. The number of piperazine rings is 1. The molecular formula is C16H16F3N5O2. The van der Waals surface area contributed by atoms with Gasteiger partial charge in [-0.15, -0.1) is 10.2 Å². The van der Waals surface area contributed by atoms with Crippen molar-refractivity contribution in [2.45, 2.75) is 6.61 Å². The van der Waals surface area contributed by atoms with Gasteiger partial charge >= 0.3 is 6.61 Å². The first-order chi connectivity index (χ1) is 12.5. The molecular weight excluding hydrogens is 351 g/mol. The van der Waals surface area contributed by atoms with Gasteiger partial charge < -0.3 is 20.3 Å². The van der Waals surface area contributed by atoms with Crippen LogP contribution in [0.3, 0.4) is 0 Å². The number of carbonyl (C=O) groups is 1. The maximum absolute atomic E-state index is 13.7. The van der Waals surface area contributed by atoms with E-state index >= 15 is 0 Å². The molecule has 0 radical (unpaired) electrons. The molecule has 1 fully saturated rings. The van der Waals surface area contributed by atoms with Gasteiger partial charge in [0.25, 0.3) is 5.91 Å². The van der Waals surface area contributed by atoms with Crippen molar-refractivity contribution in [2.24, 2.45) is 0 Å². The summed E-state index contributed by atoms with van der Waals surface area (Å²) in [4.78, 5) is 14.2. The number of anilines is 2. The topological polar surface area (TPSA) is 79.4 Å². The molecule has 2 N–H and O–H groups in total. The van der Waals surface area contributed by atoms with Gasteiger partial charge in [-0.05, 0) is 24.3 Å². The molecule has 1 aromatic carbocycles. The van der Waals surface area contributed by atoms with Crippen LogP contribution in [0.25, 0.3) is 0 Å². The molecule has 0 saturated carbocycles. The van der Waals surface area contributed by atoms with Crippen molar-refractivity contribution in [3.05, 3.63) is 41.8 Å². The fraction of sp³-hybridized carbons (Fsp3) is 0.312. The first-order valence-electron chi connectivity index (χ1n) is 7.88. The van der Waals surface area contributed by atoms with Gasteiger partial charge in [0.05, 0.1) is 0 Å². The SMILES string of the molecule is O=C(Nc1ccc(OC(F)F)c(F)c1)c1ccc(N2CCNCC2)nn1. The number of hydrogen-bond donors (Lipinski definition) is 2. The Kier molecular flexibility index (Phi) is 5.52. The third-order valence-corrected chi connectivity index (χ3v) is 3.73. The Balaban J connectivity index is 1.65. The van der Waals surface area contributed by atoms with Crippen LogP contribution < -0.4 is 20.3 Å². The third kappa shape index (κ3) is 4.39. The Morgan fingerprint density at radius 3 is 2.58 bits per heavy atom. The van der Waals surface area contributed by atoms with Gasteiger partial charge in [-0.2, -0.15) is 8.78 Å². The molecule has 138 valence electrons. The van der Waals surface area contributed by atoms with Crippen LogP contribution in [-0.4, -0.2) is 48.9 Å². The Bertz CT molecular complexity index is 767. The van der Waals surface area contributed by atoms with E-state index in [-0.39, 0.29) is 11.4 Å². The van der Waals surface area contributed by atoms with Gasteiger partial charge in [0.1, 0.15) is 0 Å². The van der Waals surface area contributed by atoms with E-state index in [0.717, 1.165) is 38.3 Å². The highest BCUT2D eigenvalue weighted by molar-refractivity contribution is 6.02. The number of rotatable bonds is 5. The molecule has 1 aliphatic rings. The first kappa shape index (κ1) is 17.9. The lowest BCUT2D eigenvalue weighted by molar-refractivity contribution is -0.0521. The summed E-state index contributed by atoms with van der Waals surface area (Å²) in [6.45, 7) is 0.162. The zero-order chi connectivity index (χ0) is 18.5.